The molecule has 0 spiro atoms. The standard InChI is InChI=1S/C64H41NS/c1-3-16-44(17-4-1)62-55-25-12-11-23-52(55)54-39-34-46(40-58(54)63(62)45-18-5-2-6-19-45)42-30-35-48(36-31-42)65(59-27-15-29-61-64(59)56-26-13-14-28-60(56)66-61)49-37-32-43(33-38-49)57-41-47-20-7-8-21-50(47)51-22-9-10-24-53(51)57/h1-41H. The molecular weight excluding hydrogens is 815 g/mol. The molecule has 1 aromatic heterocycles. The number of anilines is 3. The number of fused-ring (bicyclic) bond motifs is 9. The van der Waals surface area contributed by atoms with E-state index < -0.39 is 0 Å². The molecule has 0 aliphatic heterocycles. The average Bonchev–Trinajstić information content (AvgIpc) is 3.78. The summed E-state index contributed by atoms with van der Waals surface area (Å²) in [6.07, 6.45) is 0. The van der Waals surface area contributed by atoms with E-state index in [-0.39, 0.29) is 0 Å². The minimum atomic E-state index is 1.11. The lowest BCUT2D eigenvalue weighted by Crippen LogP contribution is -2.10. The highest BCUT2D eigenvalue weighted by molar-refractivity contribution is 7.26. The quantitative estimate of drug-likeness (QED) is 0.144. The van der Waals surface area contributed by atoms with E-state index in [2.05, 4.69) is 254 Å². The minimum absolute atomic E-state index is 1.11. The SMILES string of the molecule is c1ccc(-c2c(-c3ccccc3)c3cc(-c4ccc(N(c5ccc(-c6cc7ccccc7c7ccccc67)cc5)c5cccc6sc7ccccc7c56)cc4)ccc3c3ccccc23)cc1. The summed E-state index contributed by atoms with van der Waals surface area (Å²) >= 11 is 1.86. The average molecular weight is 856 g/mol. The summed E-state index contributed by atoms with van der Waals surface area (Å²) in [5, 5.41) is 12.7. The largest absolute Gasteiger partial charge is 0.310 e. The van der Waals surface area contributed by atoms with Gasteiger partial charge in [0.05, 0.1) is 5.69 Å². The number of rotatable bonds is 7. The van der Waals surface area contributed by atoms with Gasteiger partial charge in [-0.1, -0.05) is 194 Å². The van der Waals surface area contributed by atoms with Gasteiger partial charge in [-0.2, -0.15) is 0 Å². The maximum atomic E-state index is 2.44. The molecule has 2 heteroatoms. The highest BCUT2D eigenvalue weighted by atomic mass is 32.1. The number of hydrogen-bond acceptors (Lipinski definition) is 2. The Morgan fingerprint density at radius 2 is 0.773 bits per heavy atom. The number of benzene rings is 12. The molecule has 12 aromatic carbocycles. The predicted octanol–water partition coefficient (Wildman–Crippen LogP) is 18.8. The molecule has 0 saturated heterocycles. The highest BCUT2D eigenvalue weighted by Gasteiger charge is 2.21. The Morgan fingerprint density at radius 1 is 0.273 bits per heavy atom. The van der Waals surface area contributed by atoms with Gasteiger partial charge in [0.25, 0.3) is 0 Å². The predicted molar refractivity (Wildman–Crippen MR) is 286 cm³/mol. The van der Waals surface area contributed by atoms with Crippen LogP contribution in [0.1, 0.15) is 0 Å². The van der Waals surface area contributed by atoms with E-state index >= 15 is 0 Å². The van der Waals surface area contributed by atoms with Crippen molar-refractivity contribution in [2.75, 3.05) is 4.90 Å². The summed E-state index contributed by atoms with van der Waals surface area (Å²) in [5.74, 6) is 0. The summed E-state index contributed by atoms with van der Waals surface area (Å²) in [5.41, 5.74) is 13.1. The van der Waals surface area contributed by atoms with Gasteiger partial charge in [-0.25, -0.2) is 0 Å². The van der Waals surface area contributed by atoms with Gasteiger partial charge < -0.3 is 4.90 Å². The molecule has 1 nitrogen and oxygen atoms in total. The third kappa shape index (κ3) is 6.30. The monoisotopic (exact) mass is 855 g/mol. The van der Waals surface area contributed by atoms with Crippen molar-refractivity contribution in [3.63, 3.8) is 0 Å². The highest BCUT2D eigenvalue weighted by Crippen LogP contribution is 2.48. The molecule has 0 saturated carbocycles. The van der Waals surface area contributed by atoms with Crippen LogP contribution in [0.3, 0.4) is 0 Å². The van der Waals surface area contributed by atoms with Crippen molar-refractivity contribution >= 4 is 91.7 Å². The normalized spacial score (nSPS) is 11.6. The molecule has 13 rings (SSSR count). The van der Waals surface area contributed by atoms with Crippen molar-refractivity contribution in [1.29, 1.82) is 0 Å². The summed E-state index contributed by atoms with van der Waals surface area (Å²) in [6, 6.07) is 91.5. The molecule has 1 heterocycles. The number of thiophene rings is 1. The lowest BCUT2D eigenvalue weighted by atomic mass is 9.84. The van der Waals surface area contributed by atoms with Gasteiger partial charge in [-0.05, 0) is 142 Å². The van der Waals surface area contributed by atoms with Crippen molar-refractivity contribution in [1.82, 2.24) is 0 Å². The Bertz CT molecular complexity index is 3960. The van der Waals surface area contributed by atoms with Crippen molar-refractivity contribution < 1.29 is 0 Å². The second kappa shape index (κ2) is 15.7. The fraction of sp³-hybridized carbons (Fsp3) is 0. The van der Waals surface area contributed by atoms with E-state index in [0.717, 1.165) is 11.4 Å². The molecule has 308 valence electrons. The fourth-order valence-corrected chi connectivity index (χ4v) is 11.6. The summed E-state index contributed by atoms with van der Waals surface area (Å²) < 4.78 is 2.57. The number of nitrogens with zero attached hydrogens (tertiary/aromatic N) is 1. The molecule has 0 atom stereocenters. The Balaban J connectivity index is 0.970. The van der Waals surface area contributed by atoms with Crippen molar-refractivity contribution in [2.45, 2.75) is 0 Å². The molecule has 0 aliphatic rings. The molecule has 66 heavy (non-hydrogen) atoms. The first-order valence-corrected chi connectivity index (χ1v) is 23.5. The Kier molecular flexibility index (Phi) is 9.11. The molecular formula is C64H41NS. The van der Waals surface area contributed by atoms with Crippen LogP contribution in [0.2, 0.25) is 0 Å². The number of hydrogen-bond donors (Lipinski definition) is 0. The lowest BCUT2D eigenvalue weighted by Gasteiger charge is -2.27. The Labute approximate surface area is 387 Å². The summed E-state index contributed by atoms with van der Waals surface area (Å²) in [4.78, 5) is 2.44. The van der Waals surface area contributed by atoms with Crippen LogP contribution in [-0.4, -0.2) is 0 Å². The molecule has 0 bridgehead atoms. The molecule has 13 aromatic rings. The third-order valence-electron chi connectivity index (χ3n) is 13.4. The molecule has 0 amide bonds. The minimum Gasteiger partial charge on any atom is -0.310 e. The van der Waals surface area contributed by atoms with Crippen LogP contribution in [0.15, 0.2) is 249 Å². The second-order valence-electron chi connectivity index (χ2n) is 17.2. The van der Waals surface area contributed by atoms with E-state index in [4.69, 9.17) is 0 Å². The Morgan fingerprint density at radius 3 is 1.47 bits per heavy atom. The van der Waals surface area contributed by atoms with Gasteiger partial charge in [0.1, 0.15) is 0 Å². The maximum absolute atomic E-state index is 2.44. The van der Waals surface area contributed by atoms with Gasteiger partial charge in [-0.3, -0.25) is 0 Å². The molecule has 0 aliphatic carbocycles. The van der Waals surface area contributed by atoms with Crippen LogP contribution in [0.5, 0.6) is 0 Å². The third-order valence-corrected chi connectivity index (χ3v) is 14.6. The van der Waals surface area contributed by atoms with Crippen LogP contribution in [0, 0.1) is 0 Å². The topological polar surface area (TPSA) is 3.24 Å². The molecule has 0 N–H and O–H groups in total. The summed E-state index contributed by atoms with van der Waals surface area (Å²) in [7, 11) is 0. The fourth-order valence-electron chi connectivity index (χ4n) is 10.4. The molecule has 0 fully saturated rings. The van der Waals surface area contributed by atoms with Crippen molar-refractivity contribution in [3.8, 4) is 44.5 Å². The second-order valence-corrected chi connectivity index (χ2v) is 18.2. The Hall–Kier alpha value is -8.30. The van der Waals surface area contributed by atoms with E-state index in [1.807, 2.05) is 11.3 Å². The first-order valence-electron chi connectivity index (χ1n) is 22.7. The van der Waals surface area contributed by atoms with Crippen molar-refractivity contribution in [3.05, 3.63) is 249 Å². The lowest BCUT2D eigenvalue weighted by molar-refractivity contribution is 1.30. The first-order chi connectivity index (χ1) is 32.7. The van der Waals surface area contributed by atoms with E-state index in [1.165, 1.54) is 113 Å². The maximum Gasteiger partial charge on any atom is 0.0554 e. The van der Waals surface area contributed by atoms with E-state index in [0.29, 0.717) is 0 Å². The van der Waals surface area contributed by atoms with Gasteiger partial charge in [0.15, 0.2) is 0 Å². The van der Waals surface area contributed by atoms with Gasteiger partial charge in [0, 0.05) is 31.5 Å². The van der Waals surface area contributed by atoms with Crippen molar-refractivity contribution in [2.24, 2.45) is 0 Å². The zero-order valence-corrected chi connectivity index (χ0v) is 36.8. The molecule has 0 radical (unpaired) electrons. The van der Waals surface area contributed by atoms with E-state index in [9.17, 15) is 0 Å². The first kappa shape index (κ1) is 38.2. The molecule has 0 unspecified atom stereocenters. The smallest absolute Gasteiger partial charge is 0.0554 e. The van der Waals surface area contributed by atoms with Crippen LogP contribution in [-0.2, 0) is 0 Å². The zero-order valence-electron chi connectivity index (χ0n) is 36.0. The van der Waals surface area contributed by atoms with Gasteiger partial charge in [-0.15, -0.1) is 11.3 Å². The zero-order chi connectivity index (χ0) is 43.6. The van der Waals surface area contributed by atoms with Crippen LogP contribution in [0.4, 0.5) is 17.1 Å². The van der Waals surface area contributed by atoms with Gasteiger partial charge in [0.2, 0.25) is 0 Å². The van der Waals surface area contributed by atoms with Crippen LogP contribution in [0.25, 0.3) is 108 Å². The van der Waals surface area contributed by atoms with E-state index in [1.54, 1.807) is 0 Å². The van der Waals surface area contributed by atoms with Gasteiger partial charge >= 0.3 is 0 Å². The van der Waals surface area contributed by atoms with Crippen LogP contribution < -0.4 is 4.90 Å². The van der Waals surface area contributed by atoms with Crippen LogP contribution >= 0.6 is 11.3 Å². The summed E-state index contributed by atoms with van der Waals surface area (Å²) in [6.45, 7) is 0.